The Bertz CT molecular complexity index is 472. The molecule has 1 aliphatic heterocycles. The highest BCUT2D eigenvalue weighted by atomic mass is 79.9. The average molecular weight is 356 g/mol. The van der Waals surface area contributed by atoms with Crippen molar-refractivity contribution in [2.45, 2.75) is 38.3 Å². The highest BCUT2D eigenvalue weighted by Crippen LogP contribution is 2.29. The molecule has 1 unspecified atom stereocenters. The summed E-state index contributed by atoms with van der Waals surface area (Å²) in [6.07, 6.45) is 2.23. The summed E-state index contributed by atoms with van der Waals surface area (Å²) in [4.78, 5) is 12.9. The summed E-state index contributed by atoms with van der Waals surface area (Å²) in [5, 5.41) is 8.62. The molecule has 5 heteroatoms. The van der Waals surface area contributed by atoms with Gasteiger partial charge in [0.1, 0.15) is 0 Å². The van der Waals surface area contributed by atoms with Crippen molar-refractivity contribution >= 4 is 21.9 Å². The summed E-state index contributed by atoms with van der Waals surface area (Å²) >= 11 is 3.62. The van der Waals surface area contributed by atoms with Crippen LogP contribution < -0.4 is 0 Å². The van der Waals surface area contributed by atoms with Crippen LogP contribution in [0.3, 0.4) is 0 Å². The van der Waals surface area contributed by atoms with E-state index in [1.807, 2.05) is 6.07 Å². The van der Waals surface area contributed by atoms with Gasteiger partial charge >= 0.3 is 5.97 Å². The highest BCUT2D eigenvalue weighted by molar-refractivity contribution is 9.10. The average Bonchev–Trinajstić information content (AvgIpc) is 2.47. The quantitative estimate of drug-likeness (QED) is 0.848. The van der Waals surface area contributed by atoms with Gasteiger partial charge in [0.15, 0.2) is 0 Å². The number of likely N-dealkylation sites (tertiary alicyclic amines) is 1. The molecule has 1 aliphatic rings. The van der Waals surface area contributed by atoms with Gasteiger partial charge in [-0.05, 0) is 31.4 Å². The van der Waals surface area contributed by atoms with E-state index in [0.29, 0.717) is 12.6 Å². The van der Waals surface area contributed by atoms with Crippen LogP contribution >= 0.6 is 15.9 Å². The van der Waals surface area contributed by atoms with Gasteiger partial charge in [0, 0.05) is 23.6 Å². The Hall–Kier alpha value is -0.910. The van der Waals surface area contributed by atoms with Crippen LogP contribution in [0.4, 0.5) is 0 Å². The third kappa shape index (κ3) is 4.80. The molecule has 0 radical (unpaired) electrons. The predicted molar refractivity (Wildman–Crippen MR) is 85.4 cm³/mol. The van der Waals surface area contributed by atoms with Crippen molar-refractivity contribution in [2.75, 3.05) is 19.7 Å². The number of rotatable bonds is 6. The number of benzene rings is 1. The van der Waals surface area contributed by atoms with Crippen molar-refractivity contribution in [3.05, 3.63) is 34.3 Å². The van der Waals surface area contributed by atoms with Gasteiger partial charge in [-0.3, -0.25) is 9.69 Å². The minimum absolute atomic E-state index is 0.0909. The Morgan fingerprint density at radius 1 is 1.43 bits per heavy atom. The SMILES string of the molecule is CC(c1ccccc1Br)N1CCC(OCCC(=O)O)CC1. The number of aliphatic carboxylic acids is 1. The summed E-state index contributed by atoms with van der Waals surface area (Å²) in [6, 6.07) is 8.71. The van der Waals surface area contributed by atoms with Crippen molar-refractivity contribution in [1.82, 2.24) is 4.90 Å². The van der Waals surface area contributed by atoms with Crippen LogP contribution in [0.5, 0.6) is 0 Å². The van der Waals surface area contributed by atoms with Crippen molar-refractivity contribution in [2.24, 2.45) is 0 Å². The number of piperidine rings is 1. The largest absolute Gasteiger partial charge is 0.481 e. The lowest BCUT2D eigenvalue weighted by molar-refractivity contribution is -0.138. The molecule has 0 spiro atoms. The van der Waals surface area contributed by atoms with Gasteiger partial charge in [0.25, 0.3) is 0 Å². The zero-order valence-electron chi connectivity index (χ0n) is 12.3. The van der Waals surface area contributed by atoms with Crippen LogP contribution in [0.2, 0.25) is 0 Å². The highest BCUT2D eigenvalue weighted by Gasteiger charge is 2.24. The monoisotopic (exact) mass is 355 g/mol. The summed E-state index contributed by atoms with van der Waals surface area (Å²) in [5.74, 6) is -0.796. The second-order valence-electron chi connectivity index (χ2n) is 5.45. The van der Waals surface area contributed by atoms with Crippen LogP contribution in [0.15, 0.2) is 28.7 Å². The van der Waals surface area contributed by atoms with Gasteiger partial charge < -0.3 is 9.84 Å². The lowest BCUT2D eigenvalue weighted by Crippen LogP contribution is -2.38. The number of hydrogen-bond donors (Lipinski definition) is 1. The first-order chi connectivity index (χ1) is 10.1. The molecular formula is C16H22BrNO3. The molecule has 1 fully saturated rings. The summed E-state index contributed by atoms with van der Waals surface area (Å²) in [7, 11) is 0. The molecule has 2 rings (SSSR count). The van der Waals surface area contributed by atoms with Crippen LogP contribution in [0, 0.1) is 0 Å². The smallest absolute Gasteiger partial charge is 0.305 e. The van der Waals surface area contributed by atoms with Gasteiger partial charge in [-0.2, -0.15) is 0 Å². The predicted octanol–water partition coefficient (Wildman–Crippen LogP) is 3.47. The first-order valence-corrected chi connectivity index (χ1v) is 8.19. The van der Waals surface area contributed by atoms with Gasteiger partial charge in [0.05, 0.1) is 19.1 Å². The molecule has 116 valence electrons. The Kier molecular flexibility index (Phi) is 6.21. The fraction of sp³-hybridized carbons (Fsp3) is 0.562. The van der Waals surface area contributed by atoms with Gasteiger partial charge in [0.2, 0.25) is 0 Å². The van der Waals surface area contributed by atoms with Gasteiger partial charge in [-0.25, -0.2) is 0 Å². The normalized spacial score (nSPS) is 18.6. The van der Waals surface area contributed by atoms with Crippen LogP contribution in [0.1, 0.15) is 37.8 Å². The first kappa shape index (κ1) is 16.5. The van der Waals surface area contributed by atoms with E-state index >= 15 is 0 Å². The number of carbonyl (C=O) groups is 1. The van der Waals surface area contributed by atoms with E-state index in [2.05, 4.69) is 46.0 Å². The Labute approximate surface area is 134 Å². The lowest BCUT2D eigenvalue weighted by atomic mass is 10.0. The number of ether oxygens (including phenoxy) is 1. The van der Waals surface area contributed by atoms with Gasteiger partial charge in [-0.15, -0.1) is 0 Å². The van der Waals surface area contributed by atoms with Gasteiger partial charge in [-0.1, -0.05) is 34.1 Å². The molecule has 0 amide bonds. The lowest BCUT2D eigenvalue weighted by Gasteiger charge is -2.36. The molecular weight excluding hydrogens is 334 g/mol. The Morgan fingerprint density at radius 3 is 2.71 bits per heavy atom. The molecule has 21 heavy (non-hydrogen) atoms. The maximum Gasteiger partial charge on any atom is 0.305 e. The molecule has 1 heterocycles. The molecule has 1 aromatic carbocycles. The molecule has 1 N–H and O–H groups in total. The molecule has 4 nitrogen and oxygen atoms in total. The fourth-order valence-electron chi connectivity index (χ4n) is 2.75. The second kappa shape index (κ2) is 7.92. The number of hydrogen-bond acceptors (Lipinski definition) is 3. The van der Waals surface area contributed by atoms with Crippen LogP contribution in [-0.2, 0) is 9.53 Å². The molecule has 0 aliphatic carbocycles. The van der Waals surface area contributed by atoms with E-state index < -0.39 is 5.97 Å². The zero-order valence-corrected chi connectivity index (χ0v) is 13.9. The number of carboxylic acid groups (broad SMARTS) is 1. The maximum absolute atomic E-state index is 10.5. The number of halogens is 1. The molecule has 1 aromatic rings. The summed E-state index contributed by atoms with van der Waals surface area (Å²) in [6.45, 7) is 4.52. The molecule has 0 bridgehead atoms. The summed E-state index contributed by atoms with van der Waals surface area (Å²) in [5.41, 5.74) is 1.31. The standard InChI is InChI=1S/C16H22BrNO3/c1-12(14-4-2-3-5-15(14)17)18-9-6-13(7-10-18)21-11-8-16(19)20/h2-5,12-13H,6-11H2,1H3,(H,19,20). The van der Waals surface area contributed by atoms with Crippen LogP contribution in [-0.4, -0.2) is 41.8 Å². The zero-order chi connectivity index (χ0) is 15.2. The van der Waals surface area contributed by atoms with E-state index in [1.54, 1.807) is 0 Å². The third-order valence-corrected chi connectivity index (χ3v) is 4.77. The Balaban J connectivity index is 1.81. The minimum atomic E-state index is -0.796. The molecule has 1 saturated heterocycles. The van der Waals surface area contributed by atoms with Crippen LogP contribution in [0.25, 0.3) is 0 Å². The van der Waals surface area contributed by atoms with Crippen molar-refractivity contribution < 1.29 is 14.6 Å². The Morgan fingerprint density at radius 2 is 2.10 bits per heavy atom. The van der Waals surface area contributed by atoms with E-state index in [9.17, 15) is 4.79 Å². The molecule has 0 aromatic heterocycles. The topological polar surface area (TPSA) is 49.8 Å². The molecule has 1 atom stereocenters. The summed E-state index contributed by atoms with van der Waals surface area (Å²) < 4.78 is 6.78. The fourth-order valence-corrected chi connectivity index (χ4v) is 3.37. The second-order valence-corrected chi connectivity index (χ2v) is 6.30. The first-order valence-electron chi connectivity index (χ1n) is 7.40. The van der Waals surface area contributed by atoms with E-state index in [0.717, 1.165) is 30.4 Å². The van der Waals surface area contributed by atoms with Crippen molar-refractivity contribution in [3.8, 4) is 0 Å². The molecule has 0 saturated carbocycles. The van der Waals surface area contributed by atoms with E-state index in [-0.39, 0.29) is 12.5 Å². The van der Waals surface area contributed by atoms with Crippen molar-refractivity contribution in [1.29, 1.82) is 0 Å². The number of nitrogens with zero attached hydrogens (tertiary/aromatic N) is 1. The minimum Gasteiger partial charge on any atom is -0.481 e. The number of carboxylic acids is 1. The maximum atomic E-state index is 10.5. The third-order valence-electron chi connectivity index (χ3n) is 4.05. The van der Waals surface area contributed by atoms with E-state index in [4.69, 9.17) is 9.84 Å². The van der Waals surface area contributed by atoms with E-state index in [1.165, 1.54) is 5.56 Å². The van der Waals surface area contributed by atoms with Crippen molar-refractivity contribution in [3.63, 3.8) is 0 Å².